The Morgan fingerprint density at radius 2 is 0.586 bits per heavy atom. The Hall–Kier alpha value is 0. The molecule has 0 fully saturated rings. The van der Waals surface area contributed by atoms with Crippen molar-refractivity contribution < 1.29 is 0 Å². The highest BCUT2D eigenvalue weighted by atomic mass is 14.3. The second kappa shape index (κ2) is 22.7. The van der Waals surface area contributed by atoms with Crippen molar-refractivity contribution >= 4 is 0 Å². The molecule has 0 N–H and O–H groups in total. The normalized spacial score (nSPS) is 12.0. The van der Waals surface area contributed by atoms with Gasteiger partial charge in [-0.2, -0.15) is 0 Å². The van der Waals surface area contributed by atoms with E-state index in [0.717, 1.165) is 0 Å². The second-order valence-corrected chi connectivity index (χ2v) is 10.4. The predicted octanol–water partition coefficient (Wildman–Crippen LogP) is 11.4. The minimum Gasteiger partial charge on any atom is -0.0654 e. The van der Waals surface area contributed by atoms with Crippen LogP contribution in [0.3, 0.4) is 0 Å². The summed E-state index contributed by atoms with van der Waals surface area (Å²) < 4.78 is 0. The van der Waals surface area contributed by atoms with Gasteiger partial charge in [0.1, 0.15) is 0 Å². The summed E-state index contributed by atoms with van der Waals surface area (Å²) in [6.45, 7) is 9.60. The third-order valence-electron chi connectivity index (χ3n) is 7.12. The summed E-state index contributed by atoms with van der Waals surface area (Å²) in [7, 11) is 0. The third-order valence-corrected chi connectivity index (χ3v) is 7.12. The molecule has 0 nitrogen and oxygen atoms in total. The Kier molecular flexibility index (Phi) is 22.7. The monoisotopic (exact) mass is 408 g/mol. The lowest BCUT2D eigenvalue weighted by atomic mass is 9.76. The van der Waals surface area contributed by atoms with Crippen molar-refractivity contribution in [3.05, 3.63) is 0 Å². The Morgan fingerprint density at radius 3 is 0.862 bits per heavy atom. The predicted molar refractivity (Wildman–Crippen MR) is 136 cm³/mol. The topological polar surface area (TPSA) is 0 Å². The SMILES string of the molecule is CCCCCCCCCCCCC(C)(CCC)CCCCCCCCCCCC. The first kappa shape index (κ1) is 29.0. The lowest BCUT2D eigenvalue weighted by Crippen LogP contribution is -2.16. The van der Waals surface area contributed by atoms with Gasteiger partial charge >= 0.3 is 0 Å². The summed E-state index contributed by atoms with van der Waals surface area (Å²) in [5.74, 6) is 0. The van der Waals surface area contributed by atoms with Gasteiger partial charge in [0.05, 0.1) is 0 Å². The largest absolute Gasteiger partial charge is 0.0654 e. The van der Waals surface area contributed by atoms with E-state index in [2.05, 4.69) is 27.7 Å². The van der Waals surface area contributed by atoms with Gasteiger partial charge in [0.15, 0.2) is 0 Å². The molecule has 0 unspecified atom stereocenters. The van der Waals surface area contributed by atoms with E-state index in [-0.39, 0.29) is 0 Å². The molecule has 29 heavy (non-hydrogen) atoms. The molecule has 0 rings (SSSR count). The van der Waals surface area contributed by atoms with Crippen LogP contribution in [0.15, 0.2) is 0 Å². The maximum Gasteiger partial charge on any atom is -0.0326 e. The van der Waals surface area contributed by atoms with E-state index < -0.39 is 0 Å². The number of rotatable bonds is 24. The van der Waals surface area contributed by atoms with Crippen LogP contribution < -0.4 is 0 Å². The molecular weight excluding hydrogens is 348 g/mol. The fraction of sp³-hybridized carbons (Fsp3) is 1.00. The lowest BCUT2D eigenvalue weighted by Gasteiger charge is -2.29. The van der Waals surface area contributed by atoms with Gasteiger partial charge in [0, 0.05) is 0 Å². The zero-order valence-electron chi connectivity index (χ0n) is 21.5. The highest BCUT2D eigenvalue weighted by molar-refractivity contribution is 4.74. The van der Waals surface area contributed by atoms with Crippen molar-refractivity contribution in [2.24, 2.45) is 5.41 Å². The lowest BCUT2D eigenvalue weighted by molar-refractivity contribution is 0.228. The smallest absolute Gasteiger partial charge is 0.0326 e. The molecule has 0 heterocycles. The van der Waals surface area contributed by atoms with Gasteiger partial charge in [-0.3, -0.25) is 0 Å². The first-order valence-corrected chi connectivity index (χ1v) is 14.2. The number of hydrogen-bond donors (Lipinski definition) is 0. The molecule has 0 aliphatic rings. The van der Waals surface area contributed by atoms with Crippen LogP contribution in [-0.2, 0) is 0 Å². The van der Waals surface area contributed by atoms with Crippen molar-refractivity contribution in [1.82, 2.24) is 0 Å². The van der Waals surface area contributed by atoms with Crippen molar-refractivity contribution in [2.45, 2.75) is 182 Å². The third kappa shape index (κ3) is 21.0. The van der Waals surface area contributed by atoms with Crippen LogP contribution in [0.5, 0.6) is 0 Å². The first-order chi connectivity index (χ1) is 14.2. The van der Waals surface area contributed by atoms with Crippen molar-refractivity contribution in [1.29, 1.82) is 0 Å². The molecule has 0 aliphatic heterocycles. The Labute approximate surface area is 187 Å². The molecule has 0 amide bonds. The van der Waals surface area contributed by atoms with Crippen LogP contribution in [0.1, 0.15) is 182 Å². The Morgan fingerprint density at radius 1 is 0.310 bits per heavy atom. The van der Waals surface area contributed by atoms with Crippen LogP contribution in [-0.4, -0.2) is 0 Å². The van der Waals surface area contributed by atoms with Gasteiger partial charge in [-0.1, -0.05) is 163 Å². The Balaban J connectivity index is 3.61. The summed E-state index contributed by atoms with van der Waals surface area (Å²) in [6, 6.07) is 0. The maximum absolute atomic E-state index is 2.60. The minimum absolute atomic E-state index is 0.634. The van der Waals surface area contributed by atoms with E-state index in [1.165, 1.54) is 154 Å². The molecule has 0 aromatic rings. The van der Waals surface area contributed by atoms with E-state index in [9.17, 15) is 0 Å². The molecule has 0 saturated carbocycles. The first-order valence-electron chi connectivity index (χ1n) is 14.2. The number of hydrogen-bond acceptors (Lipinski definition) is 0. The quantitative estimate of drug-likeness (QED) is 0.139. The molecule has 0 saturated heterocycles. The van der Waals surface area contributed by atoms with Gasteiger partial charge in [0.25, 0.3) is 0 Å². The molecule has 0 aliphatic carbocycles. The molecule has 176 valence electrons. The van der Waals surface area contributed by atoms with Crippen LogP contribution in [0, 0.1) is 5.41 Å². The van der Waals surface area contributed by atoms with Crippen LogP contribution in [0.2, 0.25) is 0 Å². The van der Waals surface area contributed by atoms with E-state index in [0.29, 0.717) is 5.41 Å². The molecule has 0 bridgehead atoms. The molecule has 0 radical (unpaired) electrons. The van der Waals surface area contributed by atoms with Crippen LogP contribution in [0.4, 0.5) is 0 Å². The van der Waals surface area contributed by atoms with E-state index >= 15 is 0 Å². The number of unbranched alkanes of at least 4 members (excludes halogenated alkanes) is 18. The second-order valence-electron chi connectivity index (χ2n) is 10.4. The van der Waals surface area contributed by atoms with E-state index in [4.69, 9.17) is 0 Å². The van der Waals surface area contributed by atoms with Gasteiger partial charge in [-0.05, 0) is 24.7 Å². The fourth-order valence-corrected chi connectivity index (χ4v) is 5.06. The highest BCUT2D eigenvalue weighted by Gasteiger charge is 2.21. The average molecular weight is 409 g/mol. The molecule has 0 aromatic carbocycles. The minimum atomic E-state index is 0.634. The summed E-state index contributed by atoms with van der Waals surface area (Å²) >= 11 is 0. The van der Waals surface area contributed by atoms with Crippen LogP contribution in [0.25, 0.3) is 0 Å². The van der Waals surface area contributed by atoms with Crippen molar-refractivity contribution in [3.8, 4) is 0 Å². The standard InChI is InChI=1S/C29H60/c1-5-8-10-12-14-16-18-20-22-24-27-29(4,26-7-3)28-25-23-21-19-17-15-13-11-9-6-2/h5-28H2,1-4H3. The van der Waals surface area contributed by atoms with Gasteiger partial charge < -0.3 is 0 Å². The zero-order chi connectivity index (χ0) is 21.5. The molecule has 0 spiro atoms. The van der Waals surface area contributed by atoms with Crippen molar-refractivity contribution in [3.63, 3.8) is 0 Å². The maximum atomic E-state index is 2.60. The van der Waals surface area contributed by atoms with Crippen molar-refractivity contribution in [2.75, 3.05) is 0 Å². The summed E-state index contributed by atoms with van der Waals surface area (Å²) in [5, 5.41) is 0. The molecule has 0 atom stereocenters. The molecule has 0 aromatic heterocycles. The Bertz CT molecular complexity index is 268. The van der Waals surface area contributed by atoms with E-state index in [1.807, 2.05) is 0 Å². The zero-order valence-corrected chi connectivity index (χ0v) is 21.5. The molecule has 0 heteroatoms. The van der Waals surface area contributed by atoms with Gasteiger partial charge in [-0.15, -0.1) is 0 Å². The van der Waals surface area contributed by atoms with Crippen LogP contribution >= 0.6 is 0 Å². The summed E-state index contributed by atoms with van der Waals surface area (Å²) in [6.07, 6.45) is 35.0. The highest BCUT2D eigenvalue weighted by Crippen LogP contribution is 2.36. The average Bonchev–Trinajstić information content (AvgIpc) is 2.71. The summed E-state index contributed by atoms with van der Waals surface area (Å²) in [4.78, 5) is 0. The van der Waals surface area contributed by atoms with Gasteiger partial charge in [0.2, 0.25) is 0 Å². The van der Waals surface area contributed by atoms with Gasteiger partial charge in [-0.25, -0.2) is 0 Å². The fourth-order valence-electron chi connectivity index (χ4n) is 5.06. The van der Waals surface area contributed by atoms with E-state index in [1.54, 1.807) is 0 Å². The molecular formula is C29H60. The summed E-state index contributed by atoms with van der Waals surface area (Å²) in [5.41, 5.74) is 0.634.